The molecule has 0 aromatic heterocycles. The molecule has 0 aliphatic heterocycles. The molecule has 0 aliphatic rings. The lowest BCUT2D eigenvalue weighted by atomic mass is 10.2. The summed E-state index contributed by atoms with van der Waals surface area (Å²) < 4.78 is 9.59. The SMILES string of the molecule is COC(=O)C(C)NC(=O)NCc1cccc(OC)c1. The number of amides is 2. The molecule has 1 aromatic rings. The van der Waals surface area contributed by atoms with Crippen molar-refractivity contribution in [3.63, 3.8) is 0 Å². The molecule has 1 aromatic carbocycles. The van der Waals surface area contributed by atoms with E-state index in [1.807, 2.05) is 24.3 Å². The van der Waals surface area contributed by atoms with Crippen LogP contribution in [-0.2, 0) is 16.1 Å². The van der Waals surface area contributed by atoms with Crippen LogP contribution in [0.5, 0.6) is 5.75 Å². The molecule has 0 aliphatic carbocycles. The first-order chi connectivity index (χ1) is 9.06. The standard InChI is InChI=1S/C13H18N2O4/c1-9(12(16)19-3)15-13(17)14-8-10-5-4-6-11(7-10)18-2/h4-7,9H,8H2,1-3H3,(H2,14,15,17). The molecule has 0 bridgehead atoms. The molecular weight excluding hydrogens is 248 g/mol. The van der Waals surface area contributed by atoms with Gasteiger partial charge in [0.15, 0.2) is 0 Å². The Hall–Kier alpha value is -2.24. The zero-order chi connectivity index (χ0) is 14.3. The van der Waals surface area contributed by atoms with Gasteiger partial charge < -0.3 is 20.1 Å². The molecule has 6 heteroatoms. The highest BCUT2D eigenvalue weighted by Crippen LogP contribution is 2.11. The van der Waals surface area contributed by atoms with Gasteiger partial charge in [0.2, 0.25) is 0 Å². The van der Waals surface area contributed by atoms with E-state index in [4.69, 9.17) is 4.74 Å². The van der Waals surface area contributed by atoms with Crippen molar-refractivity contribution in [3.05, 3.63) is 29.8 Å². The fraction of sp³-hybridized carbons (Fsp3) is 0.385. The minimum absolute atomic E-state index is 0.344. The lowest BCUT2D eigenvalue weighted by Crippen LogP contribution is -2.44. The van der Waals surface area contributed by atoms with Crippen LogP contribution in [0.3, 0.4) is 0 Å². The van der Waals surface area contributed by atoms with E-state index in [2.05, 4.69) is 15.4 Å². The first kappa shape index (κ1) is 14.8. The number of ether oxygens (including phenoxy) is 2. The van der Waals surface area contributed by atoms with Crippen molar-refractivity contribution in [2.45, 2.75) is 19.5 Å². The third-order valence-electron chi connectivity index (χ3n) is 2.49. The van der Waals surface area contributed by atoms with Crippen molar-refractivity contribution in [2.24, 2.45) is 0 Å². The predicted molar refractivity (Wildman–Crippen MR) is 69.8 cm³/mol. The Kier molecular flexibility index (Phi) is 5.66. The minimum atomic E-state index is -0.685. The molecule has 104 valence electrons. The van der Waals surface area contributed by atoms with E-state index in [1.165, 1.54) is 7.11 Å². The third-order valence-corrected chi connectivity index (χ3v) is 2.49. The van der Waals surface area contributed by atoms with Gasteiger partial charge in [-0.05, 0) is 24.6 Å². The number of carbonyl (C=O) groups is 2. The summed E-state index contributed by atoms with van der Waals surface area (Å²) in [6.45, 7) is 1.90. The van der Waals surface area contributed by atoms with E-state index in [1.54, 1.807) is 14.0 Å². The number of benzene rings is 1. The van der Waals surface area contributed by atoms with Crippen LogP contribution >= 0.6 is 0 Å². The van der Waals surface area contributed by atoms with Crippen LogP contribution in [0.2, 0.25) is 0 Å². The van der Waals surface area contributed by atoms with Crippen LogP contribution in [-0.4, -0.2) is 32.3 Å². The van der Waals surface area contributed by atoms with Gasteiger partial charge in [0.1, 0.15) is 11.8 Å². The summed E-state index contributed by atoms with van der Waals surface area (Å²) in [5.41, 5.74) is 0.903. The molecule has 0 heterocycles. The molecule has 0 saturated heterocycles. The largest absolute Gasteiger partial charge is 0.497 e. The van der Waals surface area contributed by atoms with Gasteiger partial charge in [-0.15, -0.1) is 0 Å². The molecule has 0 saturated carbocycles. The summed E-state index contributed by atoms with van der Waals surface area (Å²) in [5.74, 6) is 0.235. The van der Waals surface area contributed by atoms with Crippen LogP contribution in [0.1, 0.15) is 12.5 Å². The fourth-order valence-electron chi connectivity index (χ4n) is 1.45. The van der Waals surface area contributed by atoms with Gasteiger partial charge in [0.05, 0.1) is 14.2 Å². The van der Waals surface area contributed by atoms with Crippen LogP contribution < -0.4 is 15.4 Å². The van der Waals surface area contributed by atoms with Gasteiger partial charge in [-0.3, -0.25) is 0 Å². The summed E-state index contributed by atoms with van der Waals surface area (Å²) in [5, 5.41) is 5.12. The Balaban J connectivity index is 2.43. The van der Waals surface area contributed by atoms with E-state index >= 15 is 0 Å². The second kappa shape index (κ2) is 7.25. The minimum Gasteiger partial charge on any atom is -0.497 e. The highest BCUT2D eigenvalue weighted by Gasteiger charge is 2.15. The molecule has 0 fully saturated rings. The lowest BCUT2D eigenvalue weighted by molar-refractivity contribution is -0.142. The zero-order valence-corrected chi connectivity index (χ0v) is 11.2. The molecule has 2 N–H and O–H groups in total. The fourth-order valence-corrected chi connectivity index (χ4v) is 1.45. The van der Waals surface area contributed by atoms with Gasteiger partial charge in [-0.1, -0.05) is 12.1 Å². The zero-order valence-electron chi connectivity index (χ0n) is 11.2. The number of urea groups is 1. The highest BCUT2D eigenvalue weighted by molar-refractivity contribution is 5.83. The summed E-state index contributed by atoms with van der Waals surface area (Å²) in [4.78, 5) is 22.7. The van der Waals surface area contributed by atoms with Crippen LogP contribution in [0.15, 0.2) is 24.3 Å². The molecule has 1 unspecified atom stereocenters. The number of rotatable bonds is 5. The number of methoxy groups -OCH3 is 2. The molecule has 1 rings (SSSR count). The second-order valence-electron chi connectivity index (χ2n) is 3.92. The second-order valence-corrected chi connectivity index (χ2v) is 3.92. The maximum Gasteiger partial charge on any atom is 0.328 e. The number of hydrogen-bond acceptors (Lipinski definition) is 4. The Morgan fingerprint density at radius 1 is 1.32 bits per heavy atom. The topological polar surface area (TPSA) is 76.7 Å². The predicted octanol–water partition coefficient (Wildman–Crippen LogP) is 1.06. The third kappa shape index (κ3) is 4.87. The van der Waals surface area contributed by atoms with Crippen molar-refractivity contribution in [3.8, 4) is 5.75 Å². The first-order valence-corrected chi connectivity index (χ1v) is 5.82. The van der Waals surface area contributed by atoms with Crippen molar-refractivity contribution in [1.29, 1.82) is 0 Å². The monoisotopic (exact) mass is 266 g/mol. The summed E-state index contributed by atoms with van der Waals surface area (Å²) in [7, 11) is 2.85. The average molecular weight is 266 g/mol. The number of esters is 1. The smallest absolute Gasteiger partial charge is 0.328 e. The Labute approximate surface area is 112 Å². The molecule has 6 nitrogen and oxygen atoms in total. The Morgan fingerprint density at radius 2 is 2.05 bits per heavy atom. The van der Waals surface area contributed by atoms with E-state index in [0.717, 1.165) is 11.3 Å². The summed E-state index contributed by atoms with van der Waals surface area (Å²) in [6.07, 6.45) is 0. The van der Waals surface area contributed by atoms with E-state index in [0.29, 0.717) is 6.54 Å². The average Bonchev–Trinajstić information content (AvgIpc) is 2.44. The summed E-state index contributed by atoms with van der Waals surface area (Å²) >= 11 is 0. The van der Waals surface area contributed by atoms with Crippen LogP contribution in [0.4, 0.5) is 4.79 Å². The summed E-state index contributed by atoms with van der Waals surface area (Å²) in [6, 6.07) is 6.24. The molecule has 1 atom stereocenters. The van der Waals surface area contributed by atoms with Crippen molar-refractivity contribution in [2.75, 3.05) is 14.2 Å². The molecule has 19 heavy (non-hydrogen) atoms. The van der Waals surface area contributed by atoms with Gasteiger partial charge in [-0.2, -0.15) is 0 Å². The lowest BCUT2D eigenvalue weighted by Gasteiger charge is -2.12. The molecule has 2 amide bonds. The van der Waals surface area contributed by atoms with Gasteiger partial charge in [0, 0.05) is 6.54 Å². The molecule has 0 spiro atoms. The van der Waals surface area contributed by atoms with E-state index in [9.17, 15) is 9.59 Å². The van der Waals surface area contributed by atoms with Crippen molar-refractivity contribution >= 4 is 12.0 Å². The maximum absolute atomic E-state index is 11.5. The van der Waals surface area contributed by atoms with E-state index < -0.39 is 18.0 Å². The Bertz CT molecular complexity index is 448. The van der Waals surface area contributed by atoms with Gasteiger partial charge >= 0.3 is 12.0 Å². The maximum atomic E-state index is 11.5. The highest BCUT2D eigenvalue weighted by atomic mass is 16.5. The van der Waals surface area contributed by atoms with Crippen LogP contribution in [0.25, 0.3) is 0 Å². The quantitative estimate of drug-likeness (QED) is 0.781. The molecule has 0 radical (unpaired) electrons. The van der Waals surface area contributed by atoms with Crippen molar-refractivity contribution < 1.29 is 19.1 Å². The van der Waals surface area contributed by atoms with Gasteiger partial charge in [-0.25, -0.2) is 9.59 Å². The van der Waals surface area contributed by atoms with Crippen molar-refractivity contribution in [1.82, 2.24) is 10.6 Å². The number of hydrogen-bond donors (Lipinski definition) is 2. The number of carbonyl (C=O) groups excluding carboxylic acids is 2. The Morgan fingerprint density at radius 3 is 2.68 bits per heavy atom. The molecular formula is C13H18N2O4. The normalized spacial score (nSPS) is 11.3. The van der Waals surface area contributed by atoms with Gasteiger partial charge in [0.25, 0.3) is 0 Å². The van der Waals surface area contributed by atoms with Crippen LogP contribution in [0, 0.1) is 0 Å². The number of nitrogens with one attached hydrogen (secondary N) is 2. The first-order valence-electron chi connectivity index (χ1n) is 5.82. The van der Waals surface area contributed by atoms with E-state index in [-0.39, 0.29) is 0 Å².